The fourth-order valence-electron chi connectivity index (χ4n) is 3.38. The van der Waals surface area contributed by atoms with Crippen molar-refractivity contribution in [3.05, 3.63) is 81.4 Å². The summed E-state index contributed by atoms with van der Waals surface area (Å²) in [4.78, 5) is 25.2. The summed E-state index contributed by atoms with van der Waals surface area (Å²) in [7, 11) is 1.73. The van der Waals surface area contributed by atoms with Crippen LogP contribution in [0.3, 0.4) is 0 Å². The fourth-order valence-corrected chi connectivity index (χ4v) is 3.58. The van der Waals surface area contributed by atoms with Gasteiger partial charge in [0.05, 0.1) is 17.2 Å². The number of rotatable bonds is 5. The molecule has 4 aromatic rings. The molecular formula is C23H20ClN7O. The Hall–Kier alpha value is -3.96. The van der Waals surface area contributed by atoms with Gasteiger partial charge in [0, 0.05) is 48.5 Å². The first-order valence-electron chi connectivity index (χ1n) is 9.88. The number of hydrogen-bond acceptors (Lipinski definition) is 7. The number of aryl methyl sites for hydroxylation is 2. The van der Waals surface area contributed by atoms with E-state index in [0.29, 0.717) is 17.2 Å². The molecule has 9 heteroatoms. The molecule has 1 unspecified atom stereocenters. The molecule has 4 rings (SSSR count). The summed E-state index contributed by atoms with van der Waals surface area (Å²) in [5.41, 5.74) is 3.81. The molecule has 0 aliphatic rings. The molecule has 3 heterocycles. The third-order valence-electron chi connectivity index (χ3n) is 5.10. The molecule has 0 aliphatic heterocycles. The summed E-state index contributed by atoms with van der Waals surface area (Å²) in [6, 6.07) is 10.7. The third-order valence-corrected chi connectivity index (χ3v) is 5.39. The maximum Gasteiger partial charge on any atom is 0.252 e. The first-order valence-corrected chi connectivity index (χ1v) is 10.3. The predicted molar refractivity (Wildman–Crippen MR) is 125 cm³/mol. The van der Waals surface area contributed by atoms with E-state index in [9.17, 15) is 10.1 Å². The van der Waals surface area contributed by atoms with Crippen molar-refractivity contribution >= 4 is 39.6 Å². The first-order chi connectivity index (χ1) is 15.4. The molecule has 0 fully saturated rings. The molecule has 0 amide bonds. The zero-order valence-corrected chi connectivity index (χ0v) is 18.5. The highest BCUT2D eigenvalue weighted by molar-refractivity contribution is 6.31. The molecule has 2 N–H and O–H groups in total. The van der Waals surface area contributed by atoms with Crippen LogP contribution in [0, 0.1) is 18.3 Å². The molecular weight excluding hydrogens is 426 g/mol. The van der Waals surface area contributed by atoms with Crippen LogP contribution < -0.4 is 16.2 Å². The van der Waals surface area contributed by atoms with E-state index in [-0.39, 0.29) is 22.3 Å². The molecule has 1 atom stereocenters. The first kappa shape index (κ1) is 21.3. The van der Waals surface area contributed by atoms with Crippen LogP contribution in [0.5, 0.6) is 0 Å². The Bertz CT molecular complexity index is 1410. The lowest BCUT2D eigenvalue weighted by Gasteiger charge is -2.18. The lowest BCUT2D eigenvalue weighted by Crippen LogP contribution is -2.19. The van der Waals surface area contributed by atoms with E-state index in [4.69, 9.17) is 11.6 Å². The number of pyridine rings is 2. The number of nitriles is 1. The van der Waals surface area contributed by atoms with E-state index in [1.807, 2.05) is 32.0 Å². The van der Waals surface area contributed by atoms with E-state index in [1.54, 1.807) is 36.1 Å². The number of benzene rings is 1. The second kappa shape index (κ2) is 8.65. The van der Waals surface area contributed by atoms with E-state index < -0.39 is 0 Å². The van der Waals surface area contributed by atoms with E-state index in [0.717, 1.165) is 22.2 Å². The van der Waals surface area contributed by atoms with Crippen LogP contribution in [-0.4, -0.2) is 19.5 Å². The highest BCUT2D eigenvalue weighted by Gasteiger charge is 2.14. The minimum atomic E-state index is -0.216. The Balaban J connectivity index is 1.76. The minimum Gasteiger partial charge on any atom is -0.375 e. The third kappa shape index (κ3) is 4.11. The smallest absolute Gasteiger partial charge is 0.252 e. The monoisotopic (exact) mass is 445 g/mol. The van der Waals surface area contributed by atoms with Crippen LogP contribution in [0.25, 0.3) is 10.9 Å². The number of halogens is 1. The van der Waals surface area contributed by atoms with Gasteiger partial charge in [-0.15, -0.1) is 0 Å². The fraction of sp³-hybridized carbons (Fsp3) is 0.174. The van der Waals surface area contributed by atoms with Gasteiger partial charge in [-0.05, 0) is 43.7 Å². The number of nitrogens with zero attached hydrogens (tertiary/aromatic N) is 5. The Morgan fingerprint density at radius 1 is 1.12 bits per heavy atom. The van der Waals surface area contributed by atoms with Crippen molar-refractivity contribution in [3.63, 3.8) is 0 Å². The summed E-state index contributed by atoms with van der Waals surface area (Å²) in [5, 5.41) is 17.0. The average molecular weight is 446 g/mol. The molecule has 160 valence electrons. The number of fused-ring (bicyclic) bond motifs is 1. The van der Waals surface area contributed by atoms with Gasteiger partial charge in [-0.2, -0.15) is 5.26 Å². The Labute approximate surface area is 189 Å². The topological polar surface area (TPSA) is 109 Å². The molecule has 0 saturated heterocycles. The quantitative estimate of drug-likeness (QED) is 0.436. The van der Waals surface area contributed by atoms with Crippen molar-refractivity contribution in [1.82, 2.24) is 19.5 Å². The Morgan fingerprint density at radius 2 is 1.88 bits per heavy atom. The molecule has 32 heavy (non-hydrogen) atoms. The zero-order valence-electron chi connectivity index (χ0n) is 17.7. The summed E-state index contributed by atoms with van der Waals surface area (Å²) >= 11 is 6.05. The zero-order chi connectivity index (χ0) is 22.8. The van der Waals surface area contributed by atoms with Gasteiger partial charge in [0.1, 0.15) is 22.6 Å². The van der Waals surface area contributed by atoms with Gasteiger partial charge < -0.3 is 15.2 Å². The summed E-state index contributed by atoms with van der Waals surface area (Å²) in [6.07, 6.45) is 5.06. The molecule has 3 aromatic heterocycles. The average Bonchev–Trinajstić information content (AvgIpc) is 2.78. The molecule has 0 bridgehead atoms. The van der Waals surface area contributed by atoms with Gasteiger partial charge >= 0.3 is 0 Å². The van der Waals surface area contributed by atoms with Gasteiger partial charge in [0.2, 0.25) is 0 Å². The SMILES string of the molecule is Cc1cnc(C(C)Nc2cc(=O)n(C)c3ccc(Nc4ccnc(Cl)c4C#N)cc23)nc1. The molecule has 0 saturated carbocycles. The van der Waals surface area contributed by atoms with E-state index in [2.05, 4.69) is 31.7 Å². The Morgan fingerprint density at radius 3 is 2.59 bits per heavy atom. The maximum atomic E-state index is 12.5. The van der Waals surface area contributed by atoms with Crippen molar-refractivity contribution in [1.29, 1.82) is 5.26 Å². The standard InChI is InChI=1S/C23H20ClN7O/c1-13-11-27-23(28-12-13)14(2)29-19-9-21(32)31(3)20-5-4-15(8-16(19)20)30-18-6-7-26-22(24)17(18)10-25/h4-9,11-12,14,29H,1-3H3,(H,26,30). The van der Waals surface area contributed by atoms with Crippen molar-refractivity contribution < 1.29 is 0 Å². The summed E-state index contributed by atoms with van der Waals surface area (Å²) in [5.74, 6) is 0.629. The lowest BCUT2D eigenvalue weighted by atomic mass is 10.1. The summed E-state index contributed by atoms with van der Waals surface area (Å²) < 4.78 is 1.58. The summed E-state index contributed by atoms with van der Waals surface area (Å²) in [6.45, 7) is 3.87. The second-order valence-electron chi connectivity index (χ2n) is 7.43. The molecule has 0 radical (unpaired) electrons. The highest BCUT2D eigenvalue weighted by Crippen LogP contribution is 2.30. The maximum absolute atomic E-state index is 12.5. The Kier molecular flexibility index (Phi) is 5.75. The largest absolute Gasteiger partial charge is 0.375 e. The highest BCUT2D eigenvalue weighted by atomic mass is 35.5. The van der Waals surface area contributed by atoms with Gasteiger partial charge in [0.25, 0.3) is 5.56 Å². The van der Waals surface area contributed by atoms with Crippen LogP contribution in [0.2, 0.25) is 5.15 Å². The van der Waals surface area contributed by atoms with Gasteiger partial charge in [-0.25, -0.2) is 15.0 Å². The van der Waals surface area contributed by atoms with Crippen molar-refractivity contribution in [2.24, 2.45) is 7.05 Å². The van der Waals surface area contributed by atoms with Gasteiger partial charge in [-0.3, -0.25) is 4.79 Å². The molecule has 8 nitrogen and oxygen atoms in total. The number of nitrogens with one attached hydrogen (secondary N) is 2. The minimum absolute atomic E-state index is 0.134. The van der Waals surface area contributed by atoms with Crippen LogP contribution in [0.15, 0.2) is 53.7 Å². The predicted octanol–water partition coefficient (Wildman–Crippen LogP) is 4.47. The van der Waals surface area contributed by atoms with Crippen LogP contribution in [-0.2, 0) is 7.05 Å². The normalized spacial score (nSPS) is 11.7. The lowest BCUT2D eigenvalue weighted by molar-refractivity contribution is 0.785. The van der Waals surface area contributed by atoms with Crippen molar-refractivity contribution in [3.8, 4) is 6.07 Å². The van der Waals surface area contributed by atoms with Crippen molar-refractivity contribution in [2.75, 3.05) is 10.6 Å². The van der Waals surface area contributed by atoms with Crippen LogP contribution in [0.1, 0.15) is 29.9 Å². The van der Waals surface area contributed by atoms with E-state index >= 15 is 0 Å². The van der Waals surface area contributed by atoms with Gasteiger partial charge in [0.15, 0.2) is 0 Å². The van der Waals surface area contributed by atoms with Crippen molar-refractivity contribution in [2.45, 2.75) is 19.9 Å². The second-order valence-corrected chi connectivity index (χ2v) is 7.79. The van der Waals surface area contributed by atoms with E-state index in [1.165, 1.54) is 6.20 Å². The molecule has 0 aliphatic carbocycles. The van der Waals surface area contributed by atoms with Crippen LogP contribution in [0.4, 0.5) is 17.1 Å². The van der Waals surface area contributed by atoms with Crippen LogP contribution >= 0.6 is 11.6 Å². The number of hydrogen-bond donors (Lipinski definition) is 2. The number of anilines is 3. The molecule has 0 spiro atoms. The number of aromatic nitrogens is 4. The van der Waals surface area contributed by atoms with Gasteiger partial charge in [-0.1, -0.05) is 11.6 Å². The molecule has 1 aromatic carbocycles.